The SMILES string of the molecule is C=C=C/C=C(\C=C)CN=C(N=C(N=C)c1cccc2c1-c1cccc(-n3c(/C=C\CC)c(C=C)c4cc(C5=CCCC=C5)ccc43)c1C2)c1ccccc1. The molecule has 7 rings (SSSR count). The molecule has 264 valence electrons. The van der Waals surface area contributed by atoms with Gasteiger partial charge < -0.3 is 4.57 Å². The lowest BCUT2D eigenvalue weighted by molar-refractivity contribution is 1.04. The summed E-state index contributed by atoms with van der Waals surface area (Å²) in [6, 6.07) is 29.9. The van der Waals surface area contributed by atoms with Crippen LogP contribution in [0.4, 0.5) is 0 Å². The quantitative estimate of drug-likeness (QED) is 0.0559. The molecular weight excluding hydrogens is 657 g/mol. The van der Waals surface area contributed by atoms with Gasteiger partial charge in [0.15, 0.2) is 11.7 Å². The van der Waals surface area contributed by atoms with Crippen molar-refractivity contribution in [2.24, 2.45) is 15.0 Å². The first-order valence-electron chi connectivity index (χ1n) is 18.5. The summed E-state index contributed by atoms with van der Waals surface area (Å²) in [4.78, 5) is 14.6. The van der Waals surface area contributed by atoms with E-state index in [1.54, 1.807) is 12.2 Å². The fourth-order valence-electron chi connectivity index (χ4n) is 7.43. The first-order valence-corrected chi connectivity index (χ1v) is 18.5. The fraction of sp³-hybridized carbons (Fsp3) is 0.120. The van der Waals surface area contributed by atoms with Crippen LogP contribution in [-0.2, 0) is 6.42 Å². The average Bonchev–Trinajstić information content (AvgIpc) is 3.77. The van der Waals surface area contributed by atoms with Crippen molar-refractivity contribution in [3.63, 3.8) is 0 Å². The monoisotopic (exact) mass is 700 g/mol. The highest BCUT2D eigenvalue weighted by molar-refractivity contribution is 6.16. The van der Waals surface area contributed by atoms with E-state index in [0.717, 1.165) is 70.4 Å². The summed E-state index contributed by atoms with van der Waals surface area (Å²) in [5.41, 5.74) is 17.4. The molecule has 0 spiro atoms. The van der Waals surface area contributed by atoms with Crippen molar-refractivity contribution in [1.29, 1.82) is 0 Å². The summed E-state index contributed by atoms with van der Waals surface area (Å²) in [5.74, 6) is 1.09. The topological polar surface area (TPSA) is 42.0 Å². The van der Waals surface area contributed by atoms with Gasteiger partial charge in [-0.15, -0.1) is 5.73 Å². The van der Waals surface area contributed by atoms with Crippen LogP contribution in [0.5, 0.6) is 0 Å². The standard InChI is InChI=1S/C50H44N4/c1-6-10-20-35(8-3)34-52-49(37-23-16-13-17-24-37)53-50(51-5)42-27-18-25-39-33-44-41(48(39)42)26-19-29-46(44)54-45(28-11-7-2)40(9-4)43-32-38(30-31-47(43)54)36-21-14-12-15-22-36/h8-11,13-14,16-32H,1,3-5,7,12,15,33-34H2,2H3/b28-11-,35-20+,52-49?,53-50?. The van der Waals surface area contributed by atoms with Crippen LogP contribution < -0.4 is 0 Å². The summed E-state index contributed by atoms with van der Waals surface area (Å²) in [6.07, 6.45) is 22.7. The summed E-state index contributed by atoms with van der Waals surface area (Å²) in [6.45, 7) is 18.5. The second kappa shape index (κ2) is 16.4. The highest BCUT2D eigenvalue weighted by Crippen LogP contribution is 2.44. The average molecular weight is 701 g/mol. The Bertz CT molecular complexity index is 2520. The first-order chi connectivity index (χ1) is 26.6. The van der Waals surface area contributed by atoms with Crippen molar-refractivity contribution in [2.75, 3.05) is 6.54 Å². The van der Waals surface area contributed by atoms with Crippen LogP contribution >= 0.6 is 0 Å². The highest BCUT2D eigenvalue weighted by atomic mass is 15.0. The third-order valence-corrected chi connectivity index (χ3v) is 9.99. The number of rotatable bonds is 11. The predicted octanol–water partition coefficient (Wildman–Crippen LogP) is 12.3. The Morgan fingerprint density at radius 3 is 2.54 bits per heavy atom. The largest absolute Gasteiger partial charge is 0.309 e. The molecule has 54 heavy (non-hydrogen) atoms. The Kier molecular flexibility index (Phi) is 10.9. The number of hydrogen-bond acceptors (Lipinski definition) is 1. The minimum Gasteiger partial charge on any atom is -0.309 e. The molecule has 0 fully saturated rings. The number of benzene rings is 4. The molecule has 1 heterocycles. The highest BCUT2D eigenvalue weighted by Gasteiger charge is 2.28. The molecule has 0 saturated carbocycles. The van der Waals surface area contributed by atoms with Crippen molar-refractivity contribution in [3.05, 3.63) is 198 Å². The molecule has 2 aliphatic carbocycles. The minimum atomic E-state index is 0.390. The Morgan fingerprint density at radius 1 is 0.944 bits per heavy atom. The van der Waals surface area contributed by atoms with E-state index in [9.17, 15) is 0 Å². The second-order valence-electron chi connectivity index (χ2n) is 13.3. The number of fused-ring (bicyclic) bond motifs is 4. The number of aliphatic imine (C=N–C) groups is 3. The molecule has 0 aliphatic heterocycles. The Hall–Kier alpha value is -6.61. The van der Waals surface area contributed by atoms with Crippen molar-refractivity contribution in [2.45, 2.75) is 32.6 Å². The molecule has 4 nitrogen and oxygen atoms in total. The Balaban J connectivity index is 1.38. The second-order valence-corrected chi connectivity index (χ2v) is 13.3. The zero-order valence-electron chi connectivity index (χ0n) is 30.9. The molecular formula is C50H44N4. The third-order valence-electron chi connectivity index (χ3n) is 9.99. The van der Waals surface area contributed by atoms with Gasteiger partial charge in [0.25, 0.3) is 0 Å². The third kappa shape index (κ3) is 6.96. The van der Waals surface area contributed by atoms with Gasteiger partial charge in [0.05, 0.1) is 23.4 Å². The van der Waals surface area contributed by atoms with Crippen LogP contribution in [0, 0.1) is 0 Å². The zero-order chi connectivity index (χ0) is 37.4. The summed E-state index contributed by atoms with van der Waals surface area (Å²) in [5, 5.41) is 1.19. The molecule has 0 N–H and O–H groups in total. The maximum absolute atomic E-state index is 5.11. The van der Waals surface area contributed by atoms with E-state index in [1.165, 1.54) is 33.2 Å². The number of hydrogen-bond donors (Lipinski definition) is 0. The van der Waals surface area contributed by atoms with Crippen molar-refractivity contribution in [3.8, 4) is 16.8 Å². The maximum atomic E-state index is 5.11. The van der Waals surface area contributed by atoms with E-state index >= 15 is 0 Å². The van der Waals surface area contributed by atoms with Crippen molar-refractivity contribution in [1.82, 2.24) is 4.57 Å². The van der Waals surface area contributed by atoms with Crippen LogP contribution in [0.2, 0.25) is 0 Å². The smallest absolute Gasteiger partial charge is 0.161 e. The summed E-state index contributed by atoms with van der Waals surface area (Å²) >= 11 is 0. The molecule has 0 bridgehead atoms. The van der Waals surface area contributed by atoms with Gasteiger partial charge in [0, 0.05) is 28.5 Å². The lowest BCUT2D eigenvalue weighted by Crippen LogP contribution is -2.07. The molecule has 0 radical (unpaired) electrons. The minimum absolute atomic E-state index is 0.390. The van der Waals surface area contributed by atoms with Crippen molar-refractivity contribution < 1.29 is 0 Å². The van der Waals surface area contributed by atoms with E-state index in [1.807, 2.05) is 42.5 Å². The lowest BCUT2D eigenvalue weighted by Gasteiger charge is -2.15. The van der Waals surface area contributed by atoms with Gasteiger partial charge in [0.1, 0.15) is 0 Å². The number of amidine groups is 2. The number of aromatic nitrogens is 1. The first kappa shape index (κ1) is 35.8. The molecule has 0 amide bonds. The van der Waals surface area contributed by atoms with Crippen LogP contribution in [0.3, 0.4) is 0 Å². The van der Waals surface area contributed by atoms with E-state index in [2.05, 4.69) is 134 Å². The molecule has 0 saturated heterocycles. The van der Waals surface area contributed by atoms with E-state index in [0.29, 0.717) is 18.2 Å². The zero-order valence-corrected chi connectivity index (χ0v) is 30.9. The Labute approximate surface area is 319 Å². The normalized spacial score (nSPS) is 14.1. The maximum Gasteiger partial charge on any atom is 0.161 e. The molecule has 0 atom stereocenters. The molecule has 1 aromatic heterocycles. The van der Waals surface area contributed by atoms with Crippen LogP contribution in [0.15, 0.2) is 173 Å². The van der Waals surface area contributed by atoms with Gasteiger partial charge in [-0.1, -0.05) is 130 Å². The molecule has 4 heteroatoms. The van der Waals surface area contributed by atoms with Crippen LogP contribution in [0.1, 0.15) is 65.3 Å². The van der Waals surface area contributed by atoms with Gasteiger partial charge in [-0.25, -0.2) is 9.98 Å². The fourth-order valence-corrected chi connectivity index (χ4v) is 7.43. The number of nitrogens with zero attached hydrogens (tertiary/aromatic N) is 4. The molecule has 4 aromatic carbocycles. The summed E-state index contributed by atoms with van der Waals surface area (Å²) in [7, 11) is 0. The van der Waals surface area contributed by atoms with Crippen LogP contribution in [-0.4, -0.2) is 29.5 Å². The van der Waals surface area contributed by atoms with Gasteiger partial charge in [-0.3, -0.25) is 4.99 Å². The molecule has 5 aromatic rings. The number of allylic oxidation sites excluding steroid dienone is 7. The Morgan fingerprint density at radius 2 is 1.80 bits per heavy atom. The van der Waals surface area contributed by atoms with Gasteiger partial charge in [0.2, 0.25) is 0 Å². The van der Waals surface area contributed by atoms with Gasteiger partial charge >= 0.3 is 0 Å². The van der Waals surface area contributed by atoms with E-state index in [4.69, 9.17) is 9.98 Å². The predicted molar refractivity (Wildman–Crippen MR) is 233 cm³/mol. The van der Waals surface area contributed by atoms with E-state index in [-0.39, 0.29) is 0 Å². The summed E-state index contributed by atoms with van der Waals surface area (Å²) < 4.78 is 2.42. The van der Waals surface area contributed by atoms with Crippen LogP contribution in [0.25, 0.3) is 45.4 Å². The van der Waals surface area contributed by atoms with Gasteiger partial charge in [-0.05, 0) is 101 Å². The lowest BCUT2D eigenvalue weighted by atomic mass is 9.97. The van der Waals surface area contributed by atoms with E-state index < -0.39 is 0 Å². The molecule has 2 aliphatic rings. The van der Waals surface area contributed by atoms with Gasteiger partial charge in [-0.2, -0.15) is 0 Å². The molecule has 0 unspecified atom stereocenters. The van der Waals surface area contributed by atoms with Crippen molar-refractivity contribution >= 4 is 47.0 Å².